The van der Waals surface area contributed by atoms with E-state index in [-0.39, 0.29) is 34.3 Å². The molecule has 0 aliphatic rings. The van der Waals surface area contributed by atoms with Crippen LogP contribution in [0, 0.1) is 11.6 Å². The average molecular weight is 313 g/mol. The van der Waals surface area contributed by atoms with Gasteiger partial charge in [-0.1, -0.05) is 22.8 Å². The van der Waals surface area contributed by atoms with Gasteiger partial charge in [0.1, 0.15) is 24.0 Å². The van der Waals surface area contributed by atoms with Crippen LogP contribution >= 0.6 is 11.6 Å². The van der Waals surface area contributed by atoms with Crippen LogP contribution in [0.3, 0.4) is 0 Å². The van der Waals surface area contributed by atoms with Crippen LogP contribution in [0.4, 0.5) is 8.78 Å². The number of halogens is 3. The van der Waals surface area contributed by atoms with Crippen molar-refractivity contribution in [3.8, 4) is 5.75 Å². The van der Waals surface area contributed by atoms with Crippen molar-refractivity contribution in [2.45, 2.75) is 6.61 Å². The summed E-state index contributed by atoms with van der Waals surface area (Å²) in [4.78, 5) is 0. The lowest BCUT2D eigenvalue weighted by Gasteiger charge is -2.12. The molecule has 2 rings (SSSR count). The van der Waals surface area contributed by atoms with Crippen LogP contribution in [-0.4, -0.2) is 11.0 Å². The molecule has 0 spiro atoms. The molecule has 110 valence electrons. The van der Waals surface area contributed by atoms with Gasteiger partial charge < -0.3 is 15.7 Å². The Labute approximate surface area is 124 Å². The number of nitrogens with zero attached hydrogens (tertiary/aromatic N) is 1. The Morgan fingerprint density at radius 2 is 2.05 bits per heavy atom. The molecular formula is C14H11ClF2N2O2. The van der Waals surface area contributed by atoms with E-state index in [1.54, 1.807) is 6.07 Å². The zero-order chi connectivity index (χ0) is 15.4. The molecule has 0 aliphatic heterocycles. The number of rotatable bonds is 4. The molecule has 3 N–H and O–H groups in total. The van der Waals surface area contributed by atoms with Crippen LogP contribution in [0.15, 0.2) is 41.6 Å². The first-order valence-corrected chi connectivity index (χ1v) is 6.24. The van der Waals surface area contributed by atoms with Gasteiger partial charge in [-0.25, -0.2) is 8.78 Å². The van der Waals surface area contributed by atoms with Crippen LogP contribution in [0.5, 0.6) is 5.75 Å². The fraction of sp³-hybridized carbons (Fsp3) is 0.0714. The molecule has 0 radical (unpaired) electrons. The summed E-state index contributed by atoms with van der Waals surface area (Å²) >= 11 is 5.96. The maximum atomic E-state index is 13.5. The van der Waals surface area contributed by atoms with Gasteiger partial charge in [-0.05, 0) is 30.3 Å². The topological polar surface area (TPSA) is 67.8 Å². The zero-order valence-electron chi connectivity index (χ0n) is 10.7. The number of nitrogens with two attached hydrogens (primary N) is 1. The molecule has 0 amide bonds. The van der Waals surface area contributed by atoms with Gasteiger partial charge in [-0.15, -0.1) is 0 Å². The molecular weight excluding hydrogens is 302 g/mol. The number of hydrogen-bond acceptors (Lipinski definition) is 3. The Morgan fingerprint density at radius 3 is 2.76 bits per heavy atom. The summed E-state index contributed by atoms with van der Waals surface area (Å²) in [6.45, 7) is -0.227. The van der Waals surface area contributed by atoms with Crippen LogP contribution in [0.1, 0.15) is 11.1 Å². The van der Waals surface area contributed by atoms with Crippen molar-refractivity contribution in [1.29, 1.82) is 0 Å². The molecule has 0 heterocycles. The normalized spacial score (nSPS) is 11.5. The first kappa shape index (κ1) is 15.1. The fourth-order valence-electron chi connectivity index (χ4n) is 1.73. The van der Waals surface area contributed by atoms with Crippen molar-refractivity contribution >= 4 is 17.4 Å². The van der Waals surface area contributed by atoms with Crippen molar-refractivity contribution in [3.63, 3.8) is 0 Å². The Bertz CT molecular complexity index is 693. The lowest BCUT2D eigenvalue weighted by molar-refractivity contribution is 0.297. The molecule has 0 aromatic heterocycles. The molecule has 2 aromatic rings. The predicted octanol–water partition coefficient (Wildman–Crippen LogP) is 3.29. The number of ether oxygens (including phenoxy) is 1. The summed E-state index contributed by atoms with van der Waals surface area (Å²) in [7, 11) is 0. The van der Waals surface area contributed by atoms with Gasteiger partial charge in [0.2, 0.25) is 0 Å². The molecule has 0 aliphatic carbocycles. The van der Waals surface area contributed by atoms with Gasteiger partial charge in [0.25, 0.3) is 0 Å². The highest BCUT2D eigenvalue weighted by atomic mass is 35.5. The molecule has 0 bridgehead atoms. The molecule has 7 heteroatoms. The van der Waals surface area contributed by atoms with Gasteiger partial charge in [0.15, 0.2) is 5.84 Å². The SMILES string of the molecule is N/C(=N/O)c1c(Cl)cccc1OCc1cc(F)ccc1F. The third kappa shape index (κ3) is 3.41. The lowest BCUT2D eigenvalue weighted by atomic mass is 10.1. The second kappa shape index (κ2) is 6.41. The van der Waals surface area contributed by atoms with E-state index in [0.29, 0.717) is 0 Å². The van der Waals surface area contributed by atoms with E-state index in [9.17, 15) is 8.78 Å². The molecule has 2 aromatic carbocycles. The number of amidine groups is 1. The van der Waals surface area contributed by atoms with Gasteiger partial charge in [-0.2, -0.15) is 0 Å². The molecule has 0 saturated heterocycles. The highest BCUT2D eigenvalue weighted by Crippen LogP contribution is 2.27. The lowest BCUT2D eigenvalue weighted by Crippen LogP contribution is -2.15. The summed E-state index contributed by atoms with van der Waals surface area (Å²) in [5.41, 5.74) is 5.74. The average Bonchev–Trinajstić information content (AvgIpc) is 2.47. The number of hydrogen-bond donors (Lipinski definition) is 2. The van der Waals surface area contributed by atoms with Crippen molar-refractivity contribution in [2.24, 2.45) is 10.9 Å². The Kier molecular flexibility index (Phi) is 4.59. The smallest absolute Gasteiger partial charge is 0.175 e. The number of oxime groups is 1. The quantitative estimate of drug-likeness (QED) is 0.394. The Balaban J connectivity index is 2.28. The maximum absolute atomic E-state index is 13.5. The summed E-state index contributed by atoms with van der Waals surface area (Å²) < 4.78 is 32.0. The van der Waals surface area contributed by atoms with E-state index in [1.165, 1.54) is 12.1 Å². The van der Waals surface area contributed by atoms with Gasteiger partial charge >= 0.3 is 0 Å². The Hall–Kier alpha value is -2.34. The van der Waals surface area contributed by atoms with E-state index in [0.717, 1.165) is 18.2 Å². The third-order valence-electron chi connectivity index (χ3n) is 2.73. The molecule has 21 heavy (non-hydrogen) atoms. The minimum Gasteiger partial charge on any atom is -0.488 e. The number of benzene rings is 2. The molecule has 4 nitrogen and oxygen atoms in total. The molecule has 0 atom stereocenters. The van der Waals surface area contributed by atoms with E-state index in [1.807, 2.05) is 0 Å². The summed E-state index contributed by atoms with van der Waals surface area (Å²) in [5, 5.41) is 11.8. The van der Waals surface area contributed by atoms with Gasteiger partial charge in [0, 0.05) is 5.56 Å². The van der Waals surface area contributed by atoms with E-state index >= 15 is 0 Å². The fourth-order valence-corrected chi connectivity index (χ4v) is 2.00. The van der Waals surface area contributed by atoms with Gasteiger partial charge in [0.05, 0.1) is 10.6 Å². The Morgan fingerprint density at radius 1 is 1.29 bits per heavy atom. The van der Waals surface area contributed by atoms with Crippen molar-refractivity contribution in [3.05, 3.63) is 64.2 Å². The molecule has 0 unspecified atom stereocenters. The highest BCUT2D eigenvalue weighted by Gasteiger charge is 2.14. The highest BCUT2D eigenvalue weighted by molar-refractivity contribution is 6.34. The van der Waals surface area contributed by atoms with E-state index < -0.39 is 11.6 Å². The van der Waals surface area contributed by atoms with Crippen molar-refractivity contribution < 1.29 is 18.7 Å². The van der Waals surface area contributed by atoms with Crippen molar-refractivity contribution in [2.75, 3.05) is 0 Å². The second-order valence-corrected chi connectivity index (χ2v) is 4.53. The first-order valence-electron chi connectivity index (χ1n) is 5.86. The maximum Gasteiger partial charge on any atom is 0.175 e. The van der Waals surface area contributed by atoms with E-state index in [4.69, 9.17) is 27.3 Å². The third-order valence-corrected chi connectivity index (χ3v) is 3.05. The van der Waals surface area contributed by atoms with Crippen LogP contribution in [0.2, 0.25) is 5.02 Å². The zero-order valence-corrected chi connectivity index (χ0v) is 11.4. The minimum atomic E-state index is -0.594. The second-order valence-electron chi connectivity index (χ2n) is 4.12. The first-order chi connectivity index (χ1) is 10.0. The van der Waals surface area contributed by atoms with Crippen LogP contribution in [-0.2, 0) is 6.61 Å². The minimum absolute atomic E-state index is 0.0421. The summed E-state index contributed by atoms with van der Waals surface area (Å²) in [6.07, 6.45) is 0. The predicted molar refractivity (Wildman–Crippen MR) is 74.7 cm³/mol. The van der Waals surface area contributed by atoms with Crippen LogP contribution < -0.4 is 10.5 Å². The largest absolute Gasteiger partial charge is 0.488 e. The van der Waals surface area contributed by atoms with E-state index in [2.05, 4.69) is 5.16 Å². The monoisotopic (exact) mass is 312 g/mol. The summed E-state index contributed by atoms with van der Waals surface area (Å²) in [5.74, 6) is -1.21. The molecule has 0 fully saturated rings. The van der Waals surface area contributed by atoms with Crippen LogP contribution in [0.25, 0.3) is 0 Å². The van der Waals surface area contributed by atoms with Crippen molar-refractivity contribution in [1.82, 2.24) is 0 Å². The summed E-state index contributed by atoms with van der Waals surface area (Å²) in [6, 6.07) is 7.70. The standard InChI is InChI=1S/C14H11ClF2N2O2/c15-10-2-1-3-12(13(10)14(18)19-20)21-7-8-6-9(16)4-5-11(8)17/h1-6,20H,7H2,(H2,18,19). The molecule has 0 saturated carbocycles. The van der Waals surface area contributed by atoms with Gasteiger partial charge in [-0.3, -0.25) is 0 Å².